The fourth-order valence-corrected chi connectivity index (χ4v) is 4.57. The highest BCUT2D eigenvalue weighted by molar-refractivity contribution is 8.26. The second kappa shape index (κ2) is 9.83. The van der Waals surface area contributed by atoms with E-state index in [-0.39, 0.29) is 22.9 Å². The van der Waals surface area contributed by atoms with Gasteiger partial charge in [-0.15, -0.1) is 0 Å². The first-order chi connectivity index (χ1) is 15.5. The zero-order valence-electron chi connectivity index (χ0n) is 17.0. The number of para-hydroxylation sites is 1. The van der Waals surface area contributed by atoms with E-state index in [0.717, 1.165) is 11.8 Å². The lowest BCUT2D eigenvalue weighted by Crippen LogP contribution is -2.29. The van der Waals surface area contributed by atoms with E-state index >= 15 is 0 Å². The molecule has 0 saturated carbocycles. The lowest BCUT2D eigenvalue weighted by Gasteiger charge is -2.13. The molecular formula is C22H18ClN3O4S2. The average molecular weight is 488 g/mol. The van der Waals surface area contributed by atoms with Gasteiger partial charge in [0.1, 0.15) is 21.3 Å². The van der Waals surface area contributed by atoms with E-state index in [1.807, 2.05) is 0 Å². The van der Waals surface area contributed by atoms with Gasteiger partial charge in [-0.25, -0.2) is 0 Å². The molecule has 0 atom stereocenters. The average Bonchev–Trinajstić information content (AvgIpc) is 3.05. The summed E-state index contributed by atoms with van der Waals surface area (Å²) in [6, 6.07) is 12.1. The number of thioether (sulfide) groups is 1. The predicted octanol–water partition coefficient (Wildman–Crippen LogP) is 4.38. The minimum absolute atomic E-state index is 0.0546. The minimum atomic E-state index is -0.373. The standard InChI is InChI=1S/C22H18ClN3O4S2/c1-29-12-6-11-26-21(28)17(32-22(26)31)13-14-19(30-16-8-3-2-7-15(16)23)24-18-9-4-5-10-25(18)20(14)27/h2-5,7-10,13H,6,11-12H2,1H3. The fraction of sp³-hybridized carbons (Fsp3) is 0.182. The summed E-state index contributed by atoms with van der Waals surface area (Å²) in [6.45, 7) is 0.954. The van der Waals surface area contributed by atoms with Gasteiger partial charge >= 0.3 is 0 Å². The van der Waals surface area contributed by atoms with Crippen molar-refractivity contribution in [3.8, 4) is 11.6 Å². The maximum Gasteiger partial charge on any atom is 0.269 e. The highest BCUT2D eigenvalue weighted by Gasteiger charge is 2.32. The highest BCUT2D eigenvalue weighted by Crippen LogP contribution is 2.35. The number of carbonyl (C=O) groups excluding carboxylic acids is 1. The van der Waals surface area contributed by atoms with E-state index in [1.165, 1.54) is 15.4 Å². The van der Waals surface area contributed by atoms with Crippen molar-refractivity contribution in [1.29, 1.82) is 0 Å². The topological polar surface area (TPSA) is 73.1 Å². The summed E-state index contributed by atoms with van der Waals surface area (Å²) in [5.74, 6) is 0.138. The molecule has 3 heterocycles. The van der Waals surface area contributed by atoms with Gasteiger partial charge in [0.05, 0.1) is 9.93 Å². The number of rotatable bonds is 7. The van der Waals surface area contributed by atoms with Gasteiger partial charge in [-0.3, -0.25) is 18.9 Å². The van der Waals surface area contributed by atoms with E-state index in [0.29, 0.717) is 45.2 Å². The van der Waals surface area contributed by atoms with Crippen LogP contribution in [-0.4, -0.2) is 44.8 Å². The Bertz CT molecular complexity index is 1290. The molecule has 2 aromatic heterocycles. The summed E-state index contributed by atoms with van der Waals surface area (Å²) in [5.41, 5.74) is 0.164. The van der Waals surface area contributed by atoms with Gasteiger partial charge < -0.3 is 9.47 Å². The second-order valence-corrected chi connectivity index (χ2v) is 8.86. The lowest BCUT2D eigenvalue weighted by molar-refractivity contribution is -0.122. The van der Waals surface area contributed by atoms with Crippen LogP contribution in [0.3, 0.4) is 0 Å². The molecule has 0 spiro atoms. The van der Waals surface area contributed by atoms with Gasteiger partial charge in [-0.2, -0.15) is 4.98 Å². The molecule has 0 N–H and O–H groups in total. The molecule has 1 aromatic carbocycles. The summed E-state index contributed by atoms with van der Waals surface area (Å²) in [7, 11) is 1.60. The van der Waals surface area contributed by atoms with E-state index in [4.69, 9.17) is 33.3 Å². The predicted molar refractivity (Wildman–Crippen MR) is 129 cm³/mol. The zero-order valence-corrected chi connectivity index (χ0v) is 19.4. The number of nitrogens with zero attached hydrogens (tertiary/aromatic N) is 3. The van der Waals surface area contributed by atoms with Crippen LogP contribution in [0.25, 0.3) is 11.7 Å². The first kappa shape index (κ1) is 22.5. The Labute approximate surface area is 198 Å². The van der Waals surface area contributed by atoms with Crippen LogP contribution in [0.4, 0.5) is 0 Å². The molecule has 0 bridgehead atoms. The van der Waals surface area contributed by atoms with Crippen molar-refractivity contribution in [1.82, 2.24) is 14.3 Å². The Morgan fingerprint density at radius 2 is 1.97 bits per heavy atom. The van der Waals surface area contributed by atoms with E-state index in [2.05, 4.69) is 4.98 Å². The number of methoxy groups -OCH3 is 1. The molecule has 1 aliphatic rings. The van der Waals surface area contributed by atoms with Crippen molar-refractivity contribution in [2.45, 2.75) is 6.42 Å². The normalized spacial score (nSPS) is 15.2. The van der Waals surface area contributed by atoms with Crippen LogP contribution >= 0.6 is 35.6 Å². The summed E-state index contributed by atoms with van der Waals surface area (Å²) in [4.78, 5) is 32.5. The number of fused-ring (bicyclic) bond motifs is 1. The molecule has 0 radical (unpaired) electrons. The van der Waals surface area contributed by atoms with E-state index in [1.54, 1.807) is 55.8 Å². The number of ether oxygens (including phenoxy) is 2. The molecule has 3 aromatic rings. The number of hydrogen-bond donors (Lipinski definition) is 0. The first-order valence-corrected chi connectivity index (χ1v) is 11.3. The van der Waals surface area contributed by atoms with Crippen molar-refractivity contribution >= 4 is 57.5 Å². The molecule has 4 rings (SSSR count). The van der Waals surface area contributed by atoms with Crippen LogP contribution in [0.2, 0.25) is 5.02 Å². The van der Waals surface area contributed by atoms with Crippen molar-refractivity contribution in [2.24, 2.45) is 0 Å². The molecule has 0 aliphatic carbocycles. The third kappa shape index (κ3) is 4.56. The minimum Gasteiger partial charge on any atom is -0.437 e. The van der Waals surface area contributed by atoms with E-state index in [9.17, 15) is 9.59 Å². The molecule has 1 aliphatic heterocycles. The highest BCUT2D eigenvalue weighted by atomic mass is 35.5. The van der Waals surface area contributed by atoms with Crippen molar-refractivity contribution < 1.29 is 14.3 Å². The van der Waals surface area contributed by atoms with Gasteiger partial charge in [-0.05, 0) is 36.8 Å². The SMILES string of the molecule is COCCCN1C(=O)C(=Cc2c(Oc3ccccc3Cl)nc3ccccn3c2=O)SC1=S. The smallest absolute Gasteiger partial charge is 0.269 e. The molecule has 32 heavy (non-hydrogen) atoms. The largest absolute Gasteiger partial charge is 0.437 e. The van der Waals surface area contributed by atoms with E-state index < -0.39 is 0 Å². The summed E-state index contributed by atoms with van der Waals surface area (Å²) >= 11 is 12.7. The third-order valence-electron chi connectivity index (χ3n) is 4.66. The lowest BCUT2D eigenvalue weighted by atomic mass is 10.2. The van der Waals surface area contributed by atoms with Gasteiger partial charge in [0.25, 0.3) is 11.5 Å². The van der Waals surface area contributed by atoms with Crippen molar-refractivity contribution in [3.63, 3.8) is 0 Å². The number of benzene rings is 1. The number of carbonyl (C=O) groups is 1. The monoisotopic (exact) mass is 487 g/mol. The zero-order chi connectivity index (χ0) is 22.7. The third-order valence-corrected chi connectivity index (χ3v) is 6.35. The molecule has 1 saturated heterocycles. The molecule has 164 valence electrons. The second-order valence-electron chi connectivity index (χ2n) is 6.78. The number of aromatic nitrogens is 2. The van der Waals surface area contributed by atoms with Crippen LogP contribution in [0.15, 0.2) is 58.4 Å². The maximum atomic E-state index is 13.3. The molecule has 7 nitrogen and oxygen atoms in total. The van der Waals surface area contributed by atoms with Crippen LogP contribution in [0, 0.1) is 0 Å². The Balaban J connectivity index is 1.78. The quantitative estimate of drug-likeness (QED) is 0.278. The molecule has 1 fully saturated rings. The Kier molecular flexibility index (Phi) is 6.90. The summed E-state index contributed by atoms with van der Waals surface area (Å²) < 4.78 is 12.8. The van der Waals surface area contributed by atoms with Crippen LogP contribution in [0.5, 0.6) is 11.6 Å². The van der Waals surface area contributed by atoms with Gasteiger partial charge in [0.2, 0.25) is 5.88 Å². The summed E-state index contributed by atoms with van der Waals surface area (Å²) in [6.07, 6.45) is 3.74. The number of pyridine rings is 1. The molecular weight excluding hydrogens is 470 g/mol. The number of amides is 1. The van der Waals surface area contributed by atoms with Crippen LogP contribution in [0.1, 0.15) is 12.0 Å². The van der Waals surface area contributed by atoms with Crippen LogP contribution < -0.4 is 10.3 Å². The first-order valence-electron chi connectivity index (χ1n) is 9.67. The molecule has 1 amide bonds. The maximum absolute atomic E-state index is 13.3. The molecule has 0 unspecified atom stereocenters. The van der Waals surface area contributed by atoms with Gasteiger partial charge in [0, 0.05) is 26.5 Å². The Morgan fingerprint density at radius 1 is 1.19 bits per heavy atom. The number of thiocarbonyl (C=S) groups is 1. The van der Waals surface area contributed by atoms with Crippen molar-refractivity contribution in [3.05, 3.63) is 74.5 Å². The van der Waals surface area contributed by atoms with Gasteiger partial charge in [0.15, 0.2) is 0 Å². The Hall–Kier alpha value is -2.72. The number of halogens is 1. The van der Waals surface area contributed by atoms with Crippen LogP contribution in [-0.2, 0) is 9.53 Å². The Morgan fingerprint density at radius 3 is 2.75 bits per heavy atom. The fourth-order valence-electron chi connectivity index (χ4n) is 3.11. The van der Waals surface area contributed by atoms with Crippen molar-refractivity contribution in [2.75, 3.05) is 20.3 Å². The number of hydrogen-bond acceptors (Lipinski definition) is 7. The van der Waals surface area contributed by atoms with Gasteiger partial charge in [-0.1, -0.05) is 53.8 Å². The molecule has 10 heteroatoms. The summed E-state index contributed by atoms with van der Waals surface area (Å²) in [5, 5.41) is 0.373.